The van der Waals surface area contributed by atoms with Crippen LogP contribution >= 0.6 is 0 Å². The molecule has 0 aromatic heterocycles. The van der Waals surface area contributed by atoms with Crippen molar-refractivity contribution in [1.29, 1.82) is 0 Å². The number of rotatable bonds is 3. The summed E-state index contributed by atoms with van der Waals surface area (Å²) in [6.07, 6.45) is -1.44. The molecular weight excluding hydrogens is 208 g/mol. The van der Waals surface area contributed by atoms with E-state index in [-0.39, 0.29) is 18.8 Å². The summed E-state index contributed by atoms with van der Waals surface area (Å²) in [5.74, 6) is -0.0907. The SMILES string of the molecule is O=C1CO[C@H](OCc2ccccc2)[C@@H](O)C1. The summed E-state index contributed by atoms with van der Waals surface area (Å²) in [7, 11) is 0. The van der Waals surface area contributed by atoms with Crippen LogP contribution in [0.2, 0.25) is 0 Å². The summed E-state index contributed by atoms with van der Waals surface area (Å²) in [5, 5.41) is 9.55. The Labute approximate surface area is 93.8 Å². The Hall–Kier alpha value is -1.23. The molecule has 1 aromatic carbocycles. The fourth-order valence-corrected chi connectivity index (χ4v) is 1.59. The van der Waals surface area contributed by atoms with Gasteiger partial charge in [-0.1, -0.05) is 30.3 Å². The molecule has 16 heavy (non-hydrogen) atoms. The maximum atomic E-state index is 11.0. The Morgan fingerprint density at radius 2 is 2.12 bits per heavy atom. The minimum atomic E-state index is -0.857. The van der Waals surface area contributed by atoms with E-state index in [2.05, 4.69) is 0 Å². The standard InChI is InChI=1S/C12H14O4/c13-10-6-11(14)12(16-8-10)15-7-9-4-2-1-3-5-9/h1-5,11-12,14H,6-8H2/t11-,12-/m0/s1. The van der Waals surface area contributed by atoms with E-state index in [4.69, 9.17) is 9.47 Å². The number of benzene rings is 1. The second-order valence-corrected chi connectivity index (χ2v) is 3.79. The number of aliphatic hydroxyl groups excluding tert-OH is 1. The highest BCUT2D eigenvalue weighted by Gasteiger charge is 2.29. The van der Waals surface area contributed by atoms with Gasteiger partial charge in [-0.2, -0.15) is 0 Å². The first-order valence-electron chi connectivity index (χ1n) is 5.22. The van der Waals surface area contributed by atoms with E-state index >= 15 is 0 Å². The second kappa shape index (κ2) is 5.21. The van der Waals surface area contributed by atoms with Crippen LogP contribution in [-0.4, -0.2) is 29.9 Å². The van der Waals surface area contributed by atoms with Crippen LogP contribution in [-0.2, 0) is 20.9 Å². The molecule has 1 heterocycles. The number of carbonyl (C=O) groups is 1. The lowest BCUT2D eigenvalue weighted by Crippen LogP contribution is -2.40. The zero-order valence-corrected chi connectivity index (χ0v) is 8.83. The lowest BCUT2D eigenvalue weighted by molar-refractivity contribution is -0.216. The number of hydrogen-bond acceptors (Lipinski definition) is 4. The van der Waals surface area contributed by atoms with Crippen molar-refractivity contribution in [2.24, 2.45) is 0 Å². The zero-order valence-electron chi connectivity index (χ0n) is 8.83. The molecule has 1 aliphatic rings. The Balaban J connectivity index is 1.84. The third-order valence-corrected chi connectivity index (χ3v) is 2.42. The summed E-state index contributed by atoms with van der Waals surface area (Å²) in [6, 6.07) is 9.62. The molecular formula is C12H14O4. The topological polar surface area (TPSA) is 55.8 Å². The molecule has 2 rings (SSSR count). The minimum Gasteiger partial charge on any atom is -0.387 e. The molecule has 4 nitrogen and oxygen atoms in total. The Bertz CT molecular complexity index is 349. The van der Waals surface area contributed by atoms with E-state index < -0.39 is 12.4 Å². The molecule has 1 aliphatic heterocycles. The van der Waals surface area contributed by atoms with Crippen molar-refractivity contribution >= 4 is 5.78 Å². The summed E-state index contributed by atoms with van der Waals surface area (Å²) < 4.78 is 10.5. The monoisotopic (exact) mass is 222 g/mol. The van der Waals surface area contributed by atoms with Gasteiger partial charge >= 0.3 is 0 Å². The van der Waals surface area contributed by atoms with Gasteiger partial charge in [-0.15, -0.1) is 0 Å². The van der Waals surface area contributed by atoms with Crippen molar-refractivity contribution in [3.63, 3.8) is 0 Å². The van der Waals surface area contributed by atoms with Gasteiger partial charge in [0.1, 0.15) is 12.7 Å². The molecule has 1 saturated heterocycles. The van der Waals surface area contributed by atoms with Gasteiger partial charge in [0, 0.05) is 6.42 Å². The van der Waals surface area contributed by atoms with Crippen molar-refractivity contribution in [3.05, 3.63) is 35.9 Å². The predicted molar refractivity (Wildman–Crippen MR) is 56.6 cm³/mol. The van der Waals surface area contributed by atoms with Gasteiger partial charge in [0.25, 0.3) is 0 Å². The molecule has 2 atom stereocenters. The van der Waals surface area contributed by atoms with E-state index in [0.717, 1.165) is 5.56 Å². The molecule has 0 spiro atoms. The van der Waals surface area contributed by atoms with E-state index in [0.29, 0.717) is 6.61 Å². The van der Waals surface area contributed by atoms with Crippen molar-refractivity contribution in [2.45, 2.75) is 25.4 Å². The molecule has 1 aromatic rings. The number of ether oxygens (including phenoxy) is 2. The van der Waals surface area contributed by atoms with Crippen molar-refractivity contribution in [1.82, 2.24) is 0 Å². The van der Waals surface area contributed by atoms with Crippen molar-refractivity contribution < 1.29 is 19.4 Å². The fraction of sp³-hybridized carbons (Fsp3) is 0.417. The molecule has 0 unspecified atom stereocenters. The van der Waals surface area contributed by atoms with Gasteiger partial charge < -0.3 is 14.6 Å². The first-order valence-corrected chi connectivity index (χ1v) is 5.22. The first-order chi connectivity index (χ1) is 7.75. The van der Waals surface area contributed by atoms with Crippen LogP contribution in [0.3, 0.4) is 0 Å². The normalized spacial score (nSPS) is 25.7. The lowest BCUT2D eigenvalue weighted by Gasteiger charge is -2.27. The van der Waals surface area contributed by atoms with Gasteiger partial charge in [0.2, 0.25) is 0 Å². The quantitative estimate of drug-likeness (QED) is 0.824. The number of Topliss-reactive ketones (excluding diaryl/α,β-unsaturated/α-hetero) is 1. The molecule has 86 valence electrons. The van der Waals surface area contributed by atoms with Crippen LogP contribution in [0.4, 0.5) is 0 Å². The van der Waals surface area contributed by atoms with E-state index in [1.54, 1.807) is 0 Å². The fourth-order valence-electron chi connectivity index (χ4n) is 1.59. The van der Waals surface area contributed by atoms with Crippen LogP contribution < -0.4 is 0 Å². The van der Waals surface area contributed by atoms with Crippen molar-refractivity contribution in [2.75, 3.05) is 6.61 Å². The van der Waals surface area contributed by atoms with Gasteiger partial charge in [-0.25, -0.2) is 0 Å². The number of hydrogen-bond donors (Lipinski definition) is 1. The largest absolute Gasteiger partial charge is 0.387 e. The van der Waals surface area contributed by atoms with E-state index in [9.17, 15) is 9.90 Å². The molecule has 4 heteroatoms. The first kappa shape index (κ1) is 11.3. The maximum Gasteiger partial charge on any atom is 0.184 e. The highest BCUT2D eigenvalue weighted by molar-refractivity contribution is 5.80. The van der Waals surface area contributed by atoms with Gasteiger partial charge in [0.15, 0.2) is 12.1 Å². The van der Waals surface area contributed by atoms with Crippen LogP contribution in [0, 0.1) is 0 Å². The van der Waals surface area contributed by atoms with Crippen LogP contribution in [0.5, 0.6) is 0 Å². The smallest absolute Gasteiger partial charge is 0.184 e. The zero-order chi connectivity index (χ0) is 11.4. The third-order valence-electron chi connectivity index (χ3n) is 2.42. The highest BCUT2D eigenvalue weighted by Crippen LogP contribution is 2.14. The number of carbonyl (C=O) groups excluding carboxylic acids is 1. The molecule has 0 amide bonds. The summed E-state index contributed by atoms with van der Waals surface area (Å²) in [4.78, 5) is 11.0. The molecule has 1 fully saturated rings. The summed E-state index contributed by atoms with van der Waals surface area (Å²) in [6.45, 7) is 0.396. The Morgan fingerprint density at radius 1 is 1.38 bits per heavy atom. The van der Waals surface area contributed by atoms with Crippen LogP contribution in [0.15, 0.2) is 30.3 Å². The lowest BCUT2D eigenvalue weighted by atomic mass is 10.1. The third kappa shape index (κ3) is 2.88. The predicted octanol–water partition coefficient (Wildman–Crippen LogP) is 0.880. The van der Waals surface area contributed by atoms with Crippen LogP contribution in [0.1, 0.15) is 12.0 Å². The maximum absolute atomic E-state index is 11.0. The van der Waals surface area contributed by atoms with E-state index in [1.165, 1.54) is 0 Å². The van der Waals surface area contributed by atoms with E-state index in [1.807, 2.05) is 30.3 Å². The molecule has 0 aliphatic carbocycles. The Kier molecular flexibility index (Phi) is 3.66. The number of aliphatic hydroxyl groups is 1. The van der Waals surface area contributed by atoms with Crippen LogP contribution in [0.25, 0.3) is 0 Å². The molecule has 0 saturated carbocycles. The molecule has 0 bridgehead atoms. The average molecular weight is 222 g/mol. The van der Waals surface area contributed by atoms with Gasteiger partial charge in [-0.05, 0) is 5.56 Å². The van der Waals surface area contributed by atoms with Gasteiger partial charge in [-0.3, -0.25) is 4.79 Å². The van der Waals surface area contributed by atoms with Crippen molar-refractivity contribution in [3.8, 4) is 0 Å². The molecule has 0 radical (unpaired) electrons. The number of ketones is 1. The Morgan fingerprint density at radius 3 is 2.81 bits per heavy atom. The minimum absolute atomic E-state index is 0.0243. The highest BCUT2D eigenvalue weighted by atomic mass is 16.7. The molecule has 1 N–H and O–H groups in total. The second-order valence-electron chi connectivity index (χ2n) is 3.79. The average Bonchev–Trinajstić information content (AvgIpc) is 2.29. The summed E-state index contributed by atoms with van der Waals surface area (Å²) in [5.41, 5.74) is 1.01. The van der Waals surface area contributed by atoms with Gasteiger partial charge in [0.05, 0.1) is 6.61 Å². The summed E-state index contributed by atoms with van der Waals surface area (Å²) >= 11 is 0.